The van der Waals surface area contributed by atoms with Crippen LogP contribution in [0.25, 0.3) is 0 Å². The Kier molecular flexibility index (Phi) is 2.37. The molecular formula is C12H13N2O+. The molecule has 0 atom stereocenters. The summed E-state index contributed by atoms with van der Waals surface area (Å²) in [6.07, 6.45) is 3.90. The molecule has 2 heterocycles. The number of pyridine rings is 2. The fourth-order valence-corrected chi connectivity index (χ4v) is 1.74. The quantitative estimate of drug-likeness (QED) is 0.634. The highest BCUT2D eigenvalue weighted by molar-refractivity contribution is 5.10. The molecule has 0 bridgehead atoms. The summed E-state index contributed by atoms with van der Waals surface area (Å²) in [6, 6.07) is 9.14. The van der Waals surface area contributed by atoms with E-state index in [0.29, 0.717) is 0 Å². The Balaban J connectivity index is 2.69. The molecule has 3 nitrogen and oxygen atoms in total. The molecule has 0 saturated heterocycles. The molecule has 0 aliphatic heterocycles. The van der Waals surface area contributed by atoms with Crippen molar-refractivity contribution in [3.63, 3.8) is 0 Å². The van der Waals surface area contributed by atoms with Gasteiger partial charge in [0.15, 0.2) is 17.8 Å². The summed E-state index contributed by atoms with van der Waals surface area (Å²) < 4.78 is 3.94. The molecule has 0 unspecified atom stereocenters. The highest BCUT2D eigenvalue weighted by Gasteiger charge is 2.08. The first-order chi connectivity index (χ1) is 7.18. The molecule has 2 aromatic heterocycles. The van der Waals surface area contributed by atoms with Gasteiger partial charge in [-0.3, -0.25) is 4.79 Å². The van der Waals surface area contributed by atoms with Crippen molar-refractivity contribution in [2.75, 3.05) is 0 Å². The Morgan fingerprint density at radius 2 is 1.53 bits per heavy atom. The molecule has 2 rings (SSSR count). The summed E-state index contributed by atoms with van der Waals surface area (Å²) in [6.45, 7) is 3.85. The summed E-state index contributed by atoms with van der Waals surface area (Å²) in [5, 5.41) is 0. The first kappa shape index (κ1) is 9.65. The smallest absolute Gasteiger partial charge is 0.200 e. The van der Waals surface area contributed by atoms with Gasteiger partial charge in [-0.05, 0) is 13.8 Å². The van der Waals surface area contributed by atoms with Crippen LogP contribution in [0.1, 0.15) is 11.4 Å². The molecule has 0 amide bonds. The van der Waals surface area contributed by atoms with E-state index in [0.717, 1.165) is 11.4 Å². The molecular weight excluding hydrogens is 188 g/mol. The predicted molar refractivity (Wildman–Crippen MR) is 57.6 cm³/mol. The van der Waals surface area contributed by atoms with E-state index >= 15 is 0 Å². The van der Waals surface area contributed by atoms with E-state index in [-0.39, 0.29) is 5.43 Å². The molecule has 0 saturated carbocycles. The van der Waals surface area contributed by atoms with Gasteiger partial charge in [0.05, 0.1) is 11.4 Å². The minimum absolute atomic E-state index is 0.0535. The van der Waals surface area contributed by atoms with Crippen molar-refractivity contribution in [3.8, 4) is 0 Å². The number of rotatable bonds is 1. The largest absolute Gasteiger partial charge is 0.290 e. The maximum Gasteiger partial charge on any atom is 0.200 e. The summed E-state index contributed by atoms with van der Waals surface area (Å²) in [5.41, 5.74) is 1.91. The van der Waals surface area contributed by atoms with E-state index in [1.165, 1.54) is 0 Å². The van der Waals surface area contributed by atoms with Crippen LogP contribution in [0.15, 0.2) is 47.5 Å². The highest BCUT2D eigenvalue weighted by Crippen LogP contribution is 1.96. The van der Waals surface area contributed by atoms with Crippen LogP contribution in [0.2, 0.25) is 0 Å². The van der Waals surface area contributed by atoms with Crippen LogP contribution in [0.4, 0.5) is 0 Å². The maximum atomic E-state index is 11.3. The Morgan fingerprint density at radius 3 is 2.07 bits per heavy atom. The van der Waals surface area contributed by atoms with E-state index in [9.17, 15) is 4.79 Å². The predicted octanol–water partition coefficient (Wildman–Crippen LogP) is 1.06. The van der Waals surface area contributed by atoms with Crippen molar-refractivity contribution >= 4 is 0 Å². The first-order valence-corrected chi connectivity index (χ1v) is 4.86. The van der Waals surface area contributed by atoms with Crippen molar-refractivity contribution in [3.05, 3.63) is 64.3 Å². The van der Waals surface area contributed by atoms with Gasteiger partial charge in [-0.2, -0.15) is 0 Å². The van der Waals surface area contributed by atoms with Crippen molar-refractivity contribution in [1.82, 2.24) is 4.68 Å². The fraction of sp³-hybridized carbons (Fsp3) is 0.167. The second kappa shape index (κ2) is 3.69. The molecule has 3 heteroatoms. The zero-order valence-corrected chi connectivity index (χ0v) is 8.84. The third-order valence-corrected chi connectivity index (χ3v) is 2.30. The second-order valence-corrected chi connectivity index (χ2v) is 3.54. The van der Waals surface area contributed by atoms with Crippen molar-refractivity contribution in [1.29, 1.82) is 0 Å². The second-order valence-electron chi connectivity index (χ2n) is 3.54. The van der Waals surface area contributed by atoms with Crippen LogP contribution in [0.5, 0.6) is 0 Å². The third-order valence-electron chi connectivity index (χ3n) is 2.30. The van der Waals surface area contributed by atoms with Gasteiger partial charge in [0, 0.05) is 24.3 Å². The number of hydrogen-bond acceptors (Lipinski definition) is 1. The van der Waals surface area contributed by atoms with Gasteiger partial charge in [-0.1, -0.05) is 10.7 Å². The third kappa shape index (κ3) is 1.81. The van der Waals surface area contributed by atoms with E-state index in [4.69, 9.17) is 0 Å². The molecule has 2 aromatic rings. The number of hydrogen-bond donors (Lipinski definition) is 0. The fourth-order valence-electron chi connectivity index (χ4n) is 1.74. The molecule has 0 spiro atoms. The Bertz CT molecular complexity index is 503. The number of nitrogens with zero attached hydrogens (tertiary/aromatic N) is 2. The van der Waals surface area contributed by atoms with Crippen LogP contribution in [-0.2, 0) is 0 Å². The lowest BCUT2D eigenvalue weighted by Crippen LogP contribution is -2.44. The number of aromatic nitrogens is 2. The van der Waals surface area contributed by atoms with Crippen molar-refractivity contribution < 1.29 is 4.68 Å². The van der Waals surface area contributed by atoms with Crippen LogP contribution in [0, 0.1) is 13.8 Å². The minimum atomic E-state index is 0.0535. The van der Waals surface area contributed by atoms with Gasteiger partial charge in [-0.25, -0.2) is 0 Å². The van der Waals surface area contributed by atoms with E-state index in [2.05, 4.69) is 0 Å². The molecule has 76 valence electrons. The lowest BCUT2D eigenvalue weighted by atomic mass is 10.3. The molecule has 0 aromatic carbocycles. The van der Waals surface area contributed by atoms with Crippen molar-refractivity contribution in [2.24, 2.45) is 0 Å². The normalized spacial score (nSPS) is 10.3. The zero-order valence-electron chi connectivity index (χ0n) is 8.84. The molecule has 0 aliphatic rings. The van der Waals surface area contributed by atoms with Gasteiger partial charge >= 0.3 is 0 Å². The Labute approximate surface area is 88.2 Å². The minimum Gasteiger partial charge on any atom is -0.290 e. The summed E-state index contributed by atoms with van der Waals surface area (Å²) in [5.74, 6) is 0. The van der Waals surface area contributed by atoms with Crippen LogP contribution >= 0.6 is 0 Å². The summed E-state index contributed by atoms with van der Waals surface area (Å²) >= 11 is 0. The van der Waals surface area contributed by atoms with E-state index < -0.39 is 0 Å². The summed E-state index contributed by atoms with van der Waals surface area (Å²) in [7, 11) is 0. The molecule has 0 N–H and O–H groups in total. The average Bonchev–Trinajstić information content (AvgIpc) is 2.17. The highest BCUT2D eigenvalue weighted by atomic mass is 16.1. The van der Waals surface area contributed by atoms with E-state index in [1.807, 2.05) is 53.8 Å². The van der Waals surface area contributed by atoms with Gasteiger partial charge in [0.25, 0.3) is 0 Å². The lowest BCUT2D eigenvalue weighted by Gasteiger charge is -2.06. The van der Waals surface area contributed by atoms with Gasteiger partial charge in [-0.15, -0.1) is 4.68 Å². The molecule has 0 fully saturated rings. The zero-order chi connectivity index (χ0) is 10.8. The Hall–Kier alpha value is -1.90. The van der Waals surface area contributed by atoms with Crippen LogP contribution in [-0.4, -0.2) is 4.68 Å². The van der Waals surface area contributed by atoms with Crippen LogP contribution < -0.4 is 10.1 Å². The maximum absolute atomic E-state index is 11.3. The average molecular weight is 201 g/mol. The number of aryl methyl sites for hydroxylation is 2. The van der Waals surface area contributed by atoms with E-state index in [1.54, 1.807) is 12.1 Å². The monoisotopic (exact) mass is 201 g/mol. The SMILES string of the molecule is Cc1cc(=O)cc(C)n1-[n+]1ccccc1. The lowest BCUT2D eigenvalue weighted by molar-refractivity contribution is -0.729. The molecule has 0 radical (unpaired) electrons. The van der Waals surface area contributed by atoms with Crippen molar-refractivity contribution in [2.45, 2.75) is 13.8 Å². The standard InChI is InChI=1S/C12H13N2O/c1-10-8-12(15)9-11(2)14(10)13-6-4-3-5-7-13/h3-9H,1-2H3/q+1. The Morgan fingerprint density at radius 1 is 1.00 bits per heavy atom. The van der Waals surface area contributed by atoms with Gasteiger partial charge < -0.3 is 0 Å². The summed E-state index contributed by atoms with van der Waals surface area (Å²) in [4.78, 5) is 11.3. The molecule has 15 heavy (non-hydrogen) atoms. The van der Waals surface area contributed by atoms with Crippen LogP contribution in [0.3, 0.4) is 0 Å². The van der Waals surface area contributed by atoms with Gasteiger partial charge in [0.1, 0.15) is 0 Å². The topological polar surface area (TPSA) is 25.9 Å². The van der Waals surface area contributed by atoms with Gasteiger partial charge in [0.2, 0.25) is 0 Å². The molecule has 0 aliphatic carbocycles. The first-order valence-electron chi connectivity index (χ1n) is 4.86.